The number of amides is 2. The van der Waals surface area contributed by atoms with Crippen molar-refractivity contribution in [1.29, 1.82) is 0 Å². The van der Waals surface area contributed by atoms with E-state index in [-0.39, 0.29) is 17.4 Å². The highest BCUT2D eigenvalue weighted by Crippen LogP contribution is 2.33. The Bertz CT molecular complexity index is 639. The van der Waals surface area contributed by atoms with Gasteiger partial charge in [0.2, 0.25) is 11.8 Å². The Balaban J connectivity index is 1.61. The van der Waals surface area contributed by atoms with E-state index in [0.29, 0.717) is 24.5 Å². The van der Waals surface area contributed by atoms with Crippen molar-refractivity contribution in [2.24, 2.45) is 5.92 Å². The zero-order chi connectivity index (χ0) is 18.0. The van der Waals surface area contributed by atoms with Gasteiger partial charge in [-0.25, -0.2) is 0 Å². The van der Waals surface area contributed by atoms with Gasteiger partial charge in [-0.05, 0) is 57.6 Å². The van der Waals surface area contributed by atoms with E-state index in [4.69, 9.17) is 11.6 Å². The normalized spacial score (nSPS) is 22.6. The number of halogens is 1. The fourth-order valence-corrected chi connectivity index (χ4v) is 4.12. The topological polar surface area (TPSA) is 52.7 Å². The van der Waals surface area contributed by atoms with E-state index < -0.39 is 5.92 Å². The first-order chi connectivity index (χ1) is 11.9. The Morgan fingerprint density at radius 1 is 1.28 bits per heavy atom. The molecule has 2 aliphatic rings. The zero-order valence-corrected chi connectivity index (χ0v) is 15.7. The van der Waals surface area contributed by atoms with Crippen LogP contribution in [0.2, 0.25) is 5.02 Å². The van der Waals surface area contributed by atoms with Crippen LogP contribution >= 0.6 is 11.6 Å². The predicted molar refractivity (Wildman–Crippen MR) is 99.8 cm³/mol. The molecule has 1 aromatic carbocycles. The summed E-state index contributed by atoms with van der Waals surface area (Å²) in [5, 5.41) is 3.69. The third-order valence-corrected chi connectivity index (χ3v) is 5.99. The van der Waals surface area contributed by atoms with E-state index in [9.17, 15) is 9.59 Å². The van der Waals surface area contributed by atoms with E-state index in [2.05, 4.69) is 24.3 Å². The standard InChI is InChI=1S/C19H26ClN3O2/c1-22(2)19(10-3-4-11-19)13-21-17(24)16-9-12-23(18(16)25)15-7-5-14(20)6-8-15/h5-8,16H,3-4,9-13H2,1-2H3,(H,21,24). The number of likely N-dealkylation sites (N-methyl/N-ethyl adjacent to an activating group) is 1. The molecule has 1 aliphatic carbocycles. The van der Waals surface area contributed by atoms with Crippen LogP contribution in [-0.4, -0.2) is 49.4 Å². The molecule has 0 bridgehead atoms. The molecular formula is C19H26ClN3O2. The third-order valence-electron chi connectivity index (χ3n) is 5.73. The lowest BCUT2D eigenvalue weighted by molar-refractivity contribution is -0.132. The van der Waals surface area contributed by atoms with Gasteiger partial charge in [0.15, 0.2) is 0 Å². The molecule has 1 aromatic rings. The summed E-state index contributed by atoms with van der Waals surface area (Å²) >= 11 is 5.90. The van der Waals surface area contributed by atoms with E-state index in [1.54, 1.807) is 17.0 Å². The third kappa shape index (κ3) is 3.67. The highest BCUT2D eigenvalue weighted by atomic mass is 35.5. The molecule has 1 saturated carbocycles. The van der Waals surface area contributed by atoms with Gasteiger partial charge in [-0.15, -0.1) is 0 Å². The van der Waals surface area contributed by atoms with Crippen LogP contribution in [0, 0.1) is 5.92 Å². The zero-order valence-electron chi connectivity index (χ0n) is 14.9. The summed E-state index contributed by atoms with van der Waals surface area (Å²) in [4.78, 5) is 29.2. The SMILES string of the molecule is CN(C)C1(CNC(=O)C2CCN(c3ccc(Cl)cc3)C2=O)CCCC1. The van der Waals surface area contributed by atoms with Crippen molar-refractivity contribution in [2.45, 2.75) is 37.6 Å². The van der Waals surface area contributed by atoms with Gasteiger partial charge in [-0.2, -0.15) is 0 Å². The van der Waals surface area contributed by atoms with Crippen molar-refractivity contribution >= 4 is 29.1 Å². The molecule has 5 nitrogen and oxygen atoms in total. The van der Waals surface area contributed by atoms with Gasteiger partial charge < -0.3 is 15.1 Å². The van der Waals surface area contributed by atoms with Gasteiger partial charge >= 0.3 is 0 Å². The summed E-state index contributed by atoms with van der Waals surface area (Å²) in [5.74, 6) is -0.851. The molecule has 136 valence electrons. The highest BCUT2D eigenvalue weighted by molar-refractivity contribution is 6.30. The quantitative estimate of drug-likeness (QED) is 0.818. The van der Waals surface area contributed by atoms with Crippen molar-refractivity contribution < 1.29 is 9.59 Å². The van der Waals surface area contributed by atoms with Crippen molar-refractivity contribution in [2.75, 3.05) is 32.1 Å². The lowest BCUT2D eigenvalue weighted by Gasteiger charge is -2.36. The smallest absolute Gasteiger partial charge is 0.239 e. The summed E-state index contributed by atoms with van der Waals surface area (Å²) < 4.78 is 0. The summed E-state index contributed by atoms with van der Waals surface area (Å²) in [6.07, 6.45) is 5.13. The average molecular weight is 364 g/mol. The Morgan fingerprint density at radius 3 is 2.52 bits per heavy atom. The maximum absolute atomic E-state index is 12.7. The first kappa shape index (κ1) is 18.2. The second-order valence-corrected chi connectivity index (χ2v) is 7.79. The van der Waals surface area contributed by atoms with Gasteiger partial charge in [0.05, 0.1) is 0 Å². The van der Waals surface area contributed by atoms with Crippen LogP contribution in [0.3, 0.4) is 0 Å². The number of hydrogen-bond acceptors (Lipinski definition) is 3. The molecule has 1 saturated heterocycles. The van der Waals surface area contributed by atoms with Gasteiger partial charge in [0.1, 0.15) is 5.92 Å². The second kappa shape index (κ2) is 7.34. The van der Waals surface area contributed by atoms with Crippen LogP contribution < -0.4 is 10.2 Å². The molecule has 25 heavy (non-hydrogen) atoms. The van der Waals surface area contributed by atoms with Gasteiger partial charge in [0.25, 0.3) is 0 Å². The van der Waals surface area contributed by atoms with Crippen LogP contribution in [0.15, 0.2) is 24.3 Å². The van der Waals surface area contributed by atoms with E-state index in [1.807, 2.05) is 12.1 Å². The van der Waals surface area contributed by atoms with Crippen molar-refractivity contribution in [3.8, 4) is 0 Å². The molecule has 6 heteroatoms. The maximum atomic E-state index is 12.7. The molecule has 1 aliphatic heterocycles. The van der Waals surface area contributed by atoms with Gasteiger partial charge in [0, 0.05) is 29.3 Å². The average Bonchev–Trinajstić information content (AvgIpc) is 3.21. The molecule has 1 N–H and O–H groups in total. The molecule has 1 unspecified atom stereocenters. The minimum absolute atomic E-state index is 0.0349. The molecular weight excluding hydrogens is 338 g/mol. The Hall–Kier alpha value is -1.59. The Labute approximate surface area is 154 Å². The fraction of sp³-hybridized carbons (Fsp3) is 0.579. The second-order valence-electron chi connectivity index (χ2n) is 7.35. The highest BCUT2D eigenvalue weighted by Gasteiger charge is 2.40. The van der Waals surface area contributed by atoms with Crippen LogP contribution in [0.25, 0.3) is 0 Å². The largest absolute Gasteiger partial charge is 0.354 e. The number of hydrogen-bond donors (Lipinski definition) is 1. The molecule has 1 heterocycles. The number of carbonyl (C=O) groups is 2. The minimum Gasteiger partial charge on any atom is -0.354 e. The molecule has 2 fully saturated rings. The van der Waals surface area contributed by atoms with Crippen LogP contribution in [0.5, 0.6) is 0 Å². The van der Waals surface area contributed by atoms with Gasteiger partial charge in [-0.3, -0.25) is 9.59 Å². The number of carbonyl (C=O) groups excluding carboxylic acids is 2. The first-order valence-electron chi connectivity index (χ1n) is 8.95. The fourth-order valence-electron chi connectivity index (χ4n) is 3.99. The first-order valence-corrected chi connectivity index (χ1v) is 9.33. The Morgan fingerprint density at radius 2 is 1.92 bits per heavy atom. The summed E-state index contributed by atoms with van der Waals surface area (Å²) in [6.45, 7) is 1.18. The molecule has 2 amide bonds. The molecule has 0 radical (unpaired) electrons. The molecule has 3 rings (SSSR count). The van der Waals surface area contributed by atoms with Crippen molar-refractivity contribution in [3.63, 3.8) is 0 Å². The lowest BCUT2D eigenvalue weighted by atomic mass is 9.95. The molecule has 0 aromatic heterocycles. The van der Waals surface area contributed by atoms with Crippen molar-refractivity contribution in [3.05, 3.63) is 29.3 Å². The van der Waals surface area contributed by atoms with Crippen molar-refractivity contribution in [1.82, 2.24) is 10.2 Å². The molecule has 1 atom stereocenters. The number of benzene rings is 1. The lowest BCUT2D eigenvalue weighted by Crippen LogP contribution is -2.52. The summed E-state index contributed by atoms with van der Waals surface area (Å²) in [5.41, 5.74) is 0.831. The number of anilines is 1. The number of rotatable bonds is 5. The Kier molecular flexibility index (Phi) is 5.35. The summed E-state index contributed by atoms with van der Waals surface area (Å²) in [7, 11) is 4.14. The minimum atomic E-state index is -0.587. The van der Waals surface area contributed by atoms with E-state index in [0.717, 1.165) is 18.5 Å². The summed E-state index contributed by atoms with van der Waals surface area (Å²) in [6, 6.07) is 7.16. The molecule has 0 spiro atoms. The van der Waals surface area contributed by atoms with Gasteiger partial charge in [-0.1, -0.05) is 24.4 Å². The van der Waals surface area contributed by atoms with Crippen LogP contribution in [-0.2, 0) is 9.59 Å². The number of nitrogens with zero attached hydrogens (tertiary/aromatic N) is 2. The monoisotopic (exact) mass is 363 g/mol. The maximum Gasteiger partial charge on any atom is 0.239 e. The number of nitrogens with one attached hydrogen (secondary N) is 1. The van der Waals surface area contributed by atoms with E-state index in [1.165, 1.54) is 12.8 Å². The van der Waals surface area contributed by atoms with E-state index >= 15 is 0 Å². The van der Waals surface area contributed by atoms with Crippen LogP contribution in [0.1, 0.15) is 32.1 Å². The van der Waals surface area contributed by atoms with Crippen LogP contribution in [0.4, 0.5) is 5.69 Å². The predicted octanol–water partition coefficient (Wildman–Crippen LogP) is 2.68.